The molecule has 1 atom stereocenters. The Bertz CT molecular complexity index is 758. The van der Waals surface area contributed by atoms with Gasteiger partial charge < -0.3 is 19.8 Å². The highest BCUT2D eigenvalue weighted by Crippen LogP contribution is 2.43. The van der Waals surface area contributed by atoms with E-state index in [1.54, 1.807) is 25.2 Å². The van der Waals surface area contributed by atoms with Crippen LogP contribution in [0.15, 0.2) is 18.3 Å². The van der Waals surface area contributed by atoms with Gasteiger partial charge in [-0.1, -0.05) is 0 Å². The molecule has 3 heterocycles. The summed E-state index contributed by atoms with van der Waals surface area (Å²) in [5.74, 6) is 1.08. The van der Waals surface area contributed by atoms with E-state index in [1.165, 1.54) is 0 Å². The van der Waals surface area contributed by atoms with E-state index in [0.717, 1.165) is 63.9 Å². The van der Waals surface area contributed by atoms with E-state index in [0.29, 0.717) is 18.0 Å². The van der Waals surface area contributed by atoms with Gasteiger partial charge in [0.2, 0.25) is 5.91 Å². The molecule has 2 saturated heterocycles. The summed E-state index contributed by atoms with van der Waals surface area (Å²) in [5.41, 5.74) is 0.266. The van der Waals surface area contributed by atoms with Crippen molar-refractivity contribution in [2.24, 2.45) is 5.41 Å². The lowest BCUT2D eigenvalue weighted by atomic mass is 9.78. The van der Waals surface area contributed by atoms with Gasteiger partial charge >= 0.3 is 0 Å². The molecule has 1 spiro atoms. The minimum atomic E-state index is -0.311. The standard InChI is InChI=1S/C22H32N4O3/c1-24(2)20(28)16-4-9-19(23-14-16)25-12-3-10-22(15-25)11-13-26(21(22)29)17-5-7-18(27)8-6-17/h4,9,14,17-18,27H,3,5-8,10-13,15H2,1-2H3/t17-,18-,22-/m1/s1. The highest BCUT2D eigenvalue weighted by Gasteiger charge is 2.50. The van der Waals surface area contributed by atoms with Gasteiger partial charge in [-0.25, -0.2) is 4.98 Å². The third-order valence-corrected chi connectivity index (χ3v) is 6.95. The van der Waals surface area contributed by atoms with Crippen LogP contribution in [0.25, 0.3) is 0 Å². The second kappa shape index (κ2) is 7.94. The molecule has 1 N–H and O–H groups in total. The Morgan fingerprint density at radius 2 is 1.93 bits per heavy atom. The maximum absolute atomic E-state index is 13.4. The molecule has 1 aromatic heterocycles. The largest absolute Gasteiger partial charge is 0.393 e. The Kier molecular flexibility index (Phi) is 5.51. The number of likely N-dealkylation sites (tertiary alicyclic amines) is 1. The van der Waals surface area contributed by atoms with Crippen molar-refractivity contribution in [2.45, 2.75) is 57.1 Å². The molecule has 0 radical (unpaired) electrons. The molecule has 0 bridgehead atoms. The van der Waals surface area contributed by atoms with E-state index in [2.05, 4.69) is 14.8 Å². The van der Waals surface area contributed by atoms with E-state index < -0.39 is 0 Å². The van der Waals surface area contributed by atoms with Gasteiger partial charge in [0.15, 0.2) is 0 Å². The van der Waals surface area contributed by atoms with Gasteiger partial charge in [-0.05, 0) is 57.1 Å². The molecule has 2 aliphatic heterocycles. The van der Waals surface area contributed by atoms with Crippen LogP contribution in [0.5, 0.6) is 0 Å². The van der Waals surface area contributed by atoms with E-state index in [1.807, 2.05) is 12.1 Å². The van der Waals surface area contributed by atoms with Crippen LogP contribution >= 0.6 is 0 Å². The summed E-state index contributed by atoms with van der Waals surface area (Å²) in [6.07, 6.45) is 7.68. The summed E-state index contributed by atoms with van der Waals surface area (Å²) < 4.78 is 0. The fourth-order valence-electron chi connectivity index (χ4n) is 5.23. The van der Waals surface area contributed by atoms with Gasteiger partial charge in [-0.3, -0.25) is 9.59 Å². The number of hydrogen-bond donors (Lipinski definition) is 1. The number of nitrogens with zero attached hydrogens (tertiary/aromatic N) is 4. The predicted molar refractivity (Wildman–Crippen MR) is 111 cm³/mol. The van der Waals surface area contributed by atoms with Gasteiger partial charge in [0, 0.05) is 46.0 Å². The predicted octanol–water partition coefficient (Wildman–Crippen LogP) is 1.91. The SMILES string of the molecule is CN(C)C(=O)c1ccc(N2CCC[C@@]3(CCN([C@H]4CC[C@H](O)CC4)C3=O)C2)nc1. The normalized spacial score (nSPS) is 30.1. The molecule has 0 unspecified atom stereocenters. The molecule has 2 amide bonds. The summed E-state index contributed by atoms with van der Waals surface area (Å²) in [6, 6.07) is 4.01. The summed E-state index contributed by atoms with van der Waals surface area (Å²) in [6.45, 7) is 2.42. The zero-order valence-corrected chi connectivity index (χ0v) is 17.5. The molecule has 0 aromatic carbocycles. The first-order valence-electron chi connectivity index (χ1n) is 10.8. The molecule has 29 heavy (non-hydrogen) atoms. The van der Waals surface area contributed by atoms with Crippen LogP contribution in [0.1, 0.15) is 55.3 Å². The average Bonchev–Trinajstić information content (AvgIpc) is 3.04. The molecule has 1 saturated carbocycles. The Balaban J connectivity index is 1.45. The van der Waals surface area contributed by atoms with Crippen molar-refractivity contribution in [3.63, 3.8) is 0 Å². The monoisotopic (exact) mass is 400 g/mol. The summed E-state index contributed by atoms with van der Waals surface area (Å²) in [7, 11) is 3.46. The number of carbonyl (C=O) groups excluding carboxylic acids is 2. The highest BCUT2D eigenvalue weighted by molar-refractivity contribution is 5.93. The van der Waals surface area contributed by atoms with Gasteiger partial charge in [0.05, 0.1) is 17.1 Å². The third-order valence-electron chi connectivity index (χ3n) is 6.95. The van der Waals surface area contributed by atoms with Crippen LogP contribution in [0.4, 0.5) is 5.82 Å². The summed E-state index contributed by atoms with van der Waals surface area (Å²) in [4.78, 5) is 35.9. The van der Waals surface area contributed by atoms with E-state index in [-0.39, 0.29) is 23.5 Å². The lowest BCUT2D eigenvalue weighted by molar-refractivity contribution is -0.139. The highest BCUT2D eigenvalue weighted by atomic mass is 16.3. The van der Waals surface area contributed by atoms with Crippen molar-refractivity contribution in [3.05, 3.63) is 23.9 Å². The van der Waals surface area contributed by atoms with Crippen LogP contribution in [0.2, 0.25) is 0 Å². The van der Waals surface area contributed by atoms with Crippen molar-refractivity contribution in [3.8, 4) is 0 Å². The fourth-order valence-corrected chi connectivity index (χ4v) is 5.23. The fraction of sp³-hybridized carbons (Fsp3) is 0.682. The molecule has 1 aromatic rings. The first-order chi connectivity index (χ1) is 13.9. The molecular formula is C22H32N4O3. The van der Waals surface area contributed by atoms with Gasteiger partial charge in [0.1, 0.15) is 5.82 Å². The second-order valence-electron chi connectivity index (χ2n) is 9.12. The lowest BCUT2D eigenvalue weighted by Crippen LogP contribution is -2.50. The Labute approximate surface area is 172 Å². The van der Waals surface area contributed by atoms with Crippen LogP contribution in [-0.4, -0.2) is 77.6 Å². The van der Waals surface area contributed by atoms with E-state index in [9.17, 15) is 14.7 Å². The van der Waals surface area contributed by atoms with E-state index in [4.69, 9.17) is 0 Å². The van der Waals surface area contributed by atoms with Crippen molar-refractivity contribution < 1.29 is 14.7 Å². The second-order valence-corrected chi connectivity index (χ2v) is 9.12. The smallest absolute Gasteiger partial charge is 0.254 e. The number of aliphatic hydroxyl groups is 1. The van der Waals surface area contributed by atoms with Crippen LogP contribution in [0.3, 0.4) is 0 Å². The third kappa shape index (κ3) is 3.84. The number of hydrogen-bond acceptors (Lipinski definition) is 5. The summed E-state index contributed by atoms with van der Waals surface area (Å²) in [5, 5.41) is 9.78. The minimum Gasteiger partial charge on any atom is -0.393 e. The maximum atomic E-state index is 13.4. The summed E-state index contributed by atoms with van der Waals surface area (Å²) >= 11 is 0. The zero-order valence-electron chi connectivity index (χ0n) is 17.5. The molecule has 3 fully saturated rings. The van der Waals surface area contributed by atoms with Crippen molar-refractivity contribution in [1.82, 2.24) is 14.8 Å². The van der Waals surface area contributed by atoms with Gasteiger partial charge in [-0.2, -0.15) is 0 Å². The Morgan fingerprint density at radius 1 is 1.17 bits per heavy atom. The number of anilines is 1. The first-order valence-corrected chi connectivity index (χ1v) is 10.8. The number of piperidine rings is 1. The number of pyridine rings is 1. The Morgan fingerprint density at radius 3 is 2.59 bits per heavy atom. The quantitative estimate of drug-likeness (QED) is 0.839. The first kappa shape index (κ1) is 20.1. The molecule has 3 aliphatic rings. The van der Waals surface area contributed by atoms with Crippen LogP contribution in [-0.2, 0) is 4.79 Å². The number of carbonyl (C=O) groups is 2. The number of aromatic nitrogens is 1. The van der Waals surface area contributed by atoms with Gasteiger partial charge in [-0.15, -0.1) is 0 Å². The topological polar surface area (TPSA) is 77.0 Å². The van der Waals surface area contributed by atoms with Crippen LogP contribution in [0, 0.1) is 5.41 Å². The zero-order chi connectivity index (χ0) is 20.6. The van der Waals surface area contributed by atoms with Crippen LogP contribution < -0.4 is 4.90 Å². The minimum absolute atomic E-state index is 0.0571. The van der Waals surface area contributed by atoms with Crippen molar-refractivity contribution in [2.75, 3.05) is 38.6 Å². The molecule has 7 heteroatoms. The van der Waals surface area contributed by atoms with Gasteiger partial charge in [0.25, 0.3) is 5.91 Å². The molecule has 1 aliphatic carbocycles. The number of aliphatic hydroxyl groups excluding tert-OH is 1. The number of rotatable bonds is 3. The lowest BCUT2D eigenvalue weighted by Gasteiger charge is -2.41. The molecule has 158 valence electrons. The Hall–Kier alpha value is -2.15. The van der Waals surface area contributed by atoms with Crippen molar-refractivity contribution >= 4 is 17.6 Å². The molecule has 7 nitrogen and oxygen atoms in total. The van der Waals surface area contributed by atoms with E-state index >= 15 is 0 Å². The van der Waals surface area contributed by atoms with Crippen molar-refractivity contribution in [1.29, 1.82) is 0 Å². The molecular weight excluding hydrogens is 368 g/mol. The maximum Gasteiger partial charge on any atom is 0.254 e. The molecule has 4 rings (SSSR count). The average molecular weight is 401 g/mol. The number of amides is 2.